The van der Waals surface area contributed by atoms with Crippen LogP contribution < -0.4 is 22.1 Å². The second-order valence-electron chi connectivity index (χ2n) is 12.7. The number of rotatable bonds is 10. The van der Waals surface area contributed by atoms with Gasteiger partial charge < -0.3 is 21.7 Å². The minimum Gasteiger partial charge on any atom is -0.370 e. The van der Waals surface area contributed by atoms with Gasteiger partial charge in [0.15, 0.2) is 5.96 Å². The molecule has 6 N–H and O–H groups in total. The first-order chi connectivity index (χ1) is 21.8. The summed E-state index contributed by atoms with van der Waals surface area (Å²) in [5.41, 5.74) is 13.0. The molecule has 0 bridgehead atoms. The fraction of sp³-hybridized carbons (Fsp3) is 0.324. The second kappa shape index (κ2) is 12.7. The Labute approximate surface area is 264 Å². The van der Waals surface area contributed by atoms with Crippen LogP contribution in [0.5, 0.6) is 0 Å². The Kier molecular flexibility index (Phi) is 8.59. The molecule has 232 valence electrons. The van der Waals surface area contributed by atoms with Crippen LogP contribution in [0.2, 0.25) is 0 Å². The highest BCUT2D eigenvalue weighted by Crippen LogP contribution is 2.49. The van der Waals surface area contributed by atoms with Gasteiger partial charge in [0.1, 0.15) is 5.54 Å². The zero-order valence-corrected chi connectivity index (χ0v) is 25.8. The van der Waals surface area contributed by atoms with Crippen molar-refractivity contribution in [3.63, 3.8) is 0 Å². The number of fused-ring (bicyclic) bond motifs is 1. The summed E-state index contributed by atoms with van der Waals surface area (Å²) in [5.74, 6) is 0.151. The van der Waals surface area contributed by atoms with E-state index in [-0.39, 0.29) is 29.7 Å². The van der Waals surface area contributed by atoms with Gasteiger partial charge >= 0.3 is 0 Å². The monoisotopic (exact) mass is 602 g/mol. The third-order valence-electron chi connectivity index (χ3n) is 9.60. The van der Waals surface area contributed by atoms with Gasteiger partial charge in [0.05, 0.1) is 0 Å². The highest BCUT2D eigenvalue weighted by Gasteiger charge is 2.62. The van der Waals surface area contributed by atoms with Crippen LogP contribution in [-0.4, -0.2) is 60.4 Å². The Morgan fingerprint density at radius 1 is 0.956 bits per heavy atom. The fourth-order valence-corrected chi connectivity index (χ4v) is 6.96. The van der Waals surface area contributed by atoms with Crippen molar-refractivity contribution < 1.29 is 9.59 Å². The standard InChI is InChI=1S/C37H42N6O2/c1-36(29-12-4-2-5-13-29,30-14-6-3-7-15-30)25-43-21-19-32(42-37(34(43)45)23-31(37)18-20-40-35(38)39)24-41-33(44)28-17-16-26-10-8-9-11-27(26)22-28/h2-17,22,31-32,42H,18-21,23-25H2,1H3,(H,41,44)(H4,38,39,40)/t31?,32-,37+/m0/s1. The van der Waals surface area contributed by atoms with Crippen molar-refractivity contribution >= 4 is 28.5 Å². The molecule has 8 heteroatoms. The summed E-state index contributed by atoms with van der Waals surface area (Å²) in [6.45, 7) is 4.24. The molecule has 6 rings (SSSR count). The number of nitrogens with zero attached hydrogens (tertiary/aromatic N) is 2. The third-order valence-corrected chi connectivity index (χ3v) is 9.60. The maximum atomic E-state index is 14.5. The van der Waals surface area contributed by atoms with Gasteiger partial charge in [-0.15, -0.1) is 0 Å². The molecule has 0 aromatic heterocycles. The van der Waals surface area contributed by atoms with Gasteiger partial charge in [-0.05, 0) is 66.1 Å². The molecule has 2 fully saturated rings. The maximum Gasteiger partial charge on any atom is 0.251 e. The first-order valence-corrected chi connectivity index (χ1v) is 15.8. The van der Waals surface area contributed by atoms with Crippen molar-refractivity contribution in [2.24, 2.45) is 22.4 Å². The van der Waals surface area contributed by atoms with Crippen LogP contribution >= 0.6 is 0 Å². The Hall–Kier alpha value is -4.69. The molecule has 1 unspecified atom stereocenters. The number of aliphatic imine (C=N–C) groups is 1. The normalized spacial score (nSPS) is 21.4. The first kappa shape index (κ1) is 30.3. The molecule has 1 heterocycles. The molecule has 1 saturated carbocycles. The Balaban J connectivity index is 1.23. The van der Waals surface area contributed by atoms with Crippen molar-refractivity contribution in [3.8, 4) is 0 Å². The second-order valence-corrected chi connectivity index (χ2v) is 12.7. The number of guanidine groups is 1. The van der Waals surface area contributed by atoms with Gasteiger partial charge in [-0.1, -0.05) is 91.0 Å². The van der Waals surface area contributed by atoms with Crippen molar-refractivity contribution in [1.29, 1.82) is 0 Å². The number of nitrogens with one attached hydrogen (secondary N) is 2. The van der Waals surface area contributed by atoms with Crippen molar-refractivity contribution in [2.45, 2.75) is 43.2 Å². The average molecular weight is 603 g/mol. The van der Waals surface area contributed by atoms with Crippen LogP contribution in [0.4, 0.5) is 0 Å². The topological polar surface area (TPSA) is 126 Å². The lowest BCUT2D eigenvalue weighted by atomic mass is 9.75. The molecule has 2 aliphatic rings. The summed E-state index contributed by atoms with van der Waals surface area (Å²) in [4.78, 5) is 34.0. The molecule has 8 nitrogen and oxygen atoms in total. The maximum absolute atomic E-state index is 14.5. The fourth-order valence-electron chi connectivity index (χ4n) is 6.96. The van der Waals surface area contributed by atoms with Gasteiger partial charge in [-0.25, -0.2) is 0 Å². The number of carbonyl (C=O) groups is 2. The van der Waals surface area contributed by atoms with E-state index in [1.54, 1.807) is 0 Å². The van der Waals surface area contributed by atoms with Gasteiger partial charge in [0.25, 0.3) is 5.91 Å². The van der Waals surface area contributed by atoms with Crippen molar-refractivity contribution in [3.05, 3.63) is 120 Å². The smallest absolute Gasteiger partial charge is 0.251 e. The third kappa shape index (κ3) is 6.42. The number of carbonyl (C=O) groups excluding carboxylic acids is 2. The number of amides is 2. The van der Waals surface area contributed by atoms with Crippen LogP contribution in [0.3, 0.4) is 0 Å². The highest BCUT2D eigenvalue weighted by molar-refractivity contribution is 5.98. The largest absolute Gasteiger partial charge is 0.370 e. The highest BCUT2D eigenvalue weighted by atomic mass is 16.2. The zero-order chi connectivity index (χ0) is 31.4. The molecule has 1 aliphatic heterocycles. The summed E-state index contributed by atoms with van der Waals surface area (Å²) >= 11 is 0. The molecule has 1 saturated heterocycles. The van der Waals surface area contributed by atoms with Gasteiger partial charge in [-0.3, -0.25) is 19.9 Å². The van der Waals surface area contributed by atoms with Gasteiger partial charge in [-0.2, -0.15) is 0 Å². The van der Waals surface area contributed by atoms with E-state index in [1.807, 2.05) is 59.5 Å². The van der Waals surface area contributed by atoms with Crippen LogP contribution in [0.15, 0.2) is 108 Å². The summed E-state index contributed by atoms with van der Waals surface area (Å²) in [6, 6.07) is 34.5. The predicted octanol–water partition coefficient (Wildman–Crippen LogP) is 4.19. The lowest BCUT2D eigenvalue weighted by Gasteiger charge is -2.37. The van der Waals surface area contributed by atoms with Crippen LogP contribution in [0.25, 0.3) is 10.8 Å². The summed E-state index contributed by atoms with van der Waals surface area (Å²) in [7, 11) is 0. The summed E-state index contributed by atoms with van der Waals surface area (Å²) in [6.07, 6.45) is 2.13. The molecule has 1 aliphatic carbocycles. The van der Waals surface area contributed by atoms with E-state index in [4.69, 9.17) is 11.5 Å². The number of benzene rings is 4. The van der Waals surface area contributed by atoms with Crippen LogP contribution in [-0.2, 0) is 10.2 Å². The molecule has 2 amide bonds. The number of nitrogens with two attached hydrogens (primary N) is 2. The van der Waals surface area contributed by atoms with E-state index < -0.39 is 11.0 Å². The Morgan fingerprint density at radius 2 is 1.60 bits per heavy atom. The first-order valence-electron chi connectivity index (χ1n) is 15.8. The zero-order valence-electron chi connectivity index (χ0n) is 25.8. The van der Waals surface area contributed by atoms with E-state index in [2.05, 4.69) is 71.1 Å². The van der Waals surface area contributed by atoms with Gasteiger partial charge in [0, 0.05) is 43.2 Å². The molecule has 3 atom stereocenters. The Bertz CT molecular complexity index is 1650. The molecule has 4 aromatic carbocycles. The molecular formula is C37H42N6O2. The number of hydrogen-bond acceptors (Lipinski definition) is 4. The van der Waals surface area contributed by atoms with Crippen LogP contribution in [0, 0.1) is 5.92 Å². The Morgan fingerprint density at radius 3 is 2.27 bits per heavy atom. The van der Waals surface area contributed by atoms with E-state index in [0.717, 1.165) is 21.9 Å². The molecular weight excluding hydrogens is 560 g/mol. The van der Waals surface area contributed by atoms with Gasteiger partial charge in [0.2, 0.25) is 5.91 Å². The minimum atomic E-state index is -0.706. The molecule has 0 radical (unpaired) electrons. The summed E-state index contributed by atoms with van der Waals surface area (Å²) in [5, 5.41) is 8.99. The lowest BCUT2D eigenvalue weighted by molar-refractivity contribution is -0.134. The van der Waals surface area contributed by atoms with Crippen molar-refractivity contribution in [2.75, 3.05) is 26.2 Å². The van der Waals surface area contributed by atoms with E-state index in [1.165, 1.54) is 0 Å². The quantitative estimate of drug-likeness (QED) is 0.160. The molecule has 45 heavy (non-hydrogen) atoms. The van der Waals surface area contributed by atoms with E-state index >= 15 is 0 Å². The van der Waals surface area contributed by atoms with E-state index in [0.29, 0.717) is 51.0 Å². The van der Waals surface area contributed by atoms with Crippen LogP contribution in [0.1, 0.15) is 47.7 Å². The molecule has 4 aromatic rings. The minimum absolute atomic E-state index is 0.0576. The number of hydrogen-bond donors (Lipinski definition) is 4. The van der Waals surface area contributed by atoms with E-state index in [9.17, 15) is 9.59 Å². The predicted molar refractivity (Wildman–Crippen MR) is 180 cm³/mol. The summed E-state index contributed by atoms with van der Waals surface area (Å²) < 4.78 is 0. The SMILES string of the molecule is CC(CN1CC[C@@H](CNC(=O)c2ccc3ccccc3c2)N[C@@]2(CC2CCN=C(N)N)C1=O)(c1ccccc1)c1ccccc1. The average Bonchev–Trinajstić information content (AvgIpc) is 3.79. The molecule has 1 spiro atoms. The van der Waals surface area contributed by atoms with Crippen molar-refractivity contribution in [1.82, 2.24) is 15.5 Å². The lowest BCUT2D eigenvalue weighted by Crippen LogP contribution is -2.53.